The smallest absolute Gasteiger partial charge is 0.0937 e. The normalized spacial score (nSPS) is 11.2. The Balaban J connectivity index is 2.24. The van der Waals surface area contributed by atoms with Crippen LogP contribution in [0.15, 0.2) is 30.6 Å². The lowest BCUT2D eigenvalue weighted by atomic mass is 10.1. The lowest BCUT2D eigenvalue weighted by molar-refractivity contribution is 0.937. The Hall–Kier alpha value is -2.07. The molecule has 92 valence electrons. The third-order valence-electron chi connectivity index (χ3n) is 3.24. The zero-order chi connectivity index (χ0) is 12.5. The third-order valence-corrected chi connectivity index (χ3v) is 3.24. The van der Waals surface area contributed by atoms with E-state index in [1.165, 1.54) is 10.9 Å². The number of rotatable bonds is 3. The molecule has 0 aliphatic carbocycles. The van der Waals surface area contributed by atoms with Gasteiger partial charge in [0.15, 0.2) is 0 Å². The molecule has 0 aliphatic heterocycles. The molecule has 18 heavy (non-hydrogen) atoms. The van der Waals surface area contributed by atoms with Crippen LogP contribution in [0.25, 0.3) is 22.2 Å². The van der Waals surface area contributed by atoms with Crippen molar-refractivity contribution in [1.82, 2.24) is 15.0 Å². The van der Waals surface area contributed by atoms with Crippen molar-refractivity contribution >= 4 is 10.9 Å². The van der Waals surface area contributed by atoms with Gasteiger partial charge in [-0.05, 0) is 19.5 Å². The molecule has 4 nitrogen and oxygen atoms in total. The lowest BCUT2D eigenvalue weighted by Gasteiger charge is -2.02. The van der Waals surface area contributed by atoms with Crippen LogP contribution >= 0.6 is 0 Å². The number of nitrogens with zero attached hydrogens (tertiary/aromatic N) is 1. The van der Waals surface area contributed by atoms with Crippen molar-refractivity contribution in [2.75, 3.05) is 6.54 Å². The highest BCUT2D eigenvalue weighted by Gasteiger charge is 2.15. The summed E-state index contributed by atoms with van der Waals surface area (Å²) in [6.07, 6.45) is 2.55. The number of H-pyrrole nitrogens is 2. The molecule has 2 aromatic heterocycles. The predicted octanol–water partition coefficient (Wildman–Crippen LogP) is 2.37. The second-order valence-electron chi connectivity index (χ2n) is 4.44. The van der Waals surface area contributed by atoms with Crippen molar-refractivity contribution in [3.63, 3.8) is 0 Å². The van der Waals surface area contributed by atoms with Crippen LogP contribution in [0.2, 0.25) is 0 Å². The van der Waals surface area contributed by atoms with Crippen molar-refractivity contribution in [3.05, 3.63) is 42.0 Å². The maximum absolute atomic E-state index is 5.64. The van der Waals surface area contributed by atoms with Crippen molar-refractivity contribution in [1.29, 1.82) is 0 Å². The lowest BCUT2D eigenvalue weighted by Crippen LogP contribution is -2.04. The summed E-state index contributed by atoms with van der Waals surface area (Å²) in [6.45, 7) is 2.70. The van der Waals surface area contributed by atoms with Crippen LogP contribution in [0.3, 0.4) is 0 Å². The van der Waals surface area contributed by atoms with E-state index in [4.69, 9.17) is 5.73 Å². The Morgan fingerprint density at radius 1 is 1.28 bits per heavy atom. The molecular formula is C14H16N4. The predicted molar refractivity (Wildman–Crippen MR) is 73.4 cm³/mol. The van der Waals surface area contributed by atoms with Gasteiger partial charge in [-0.3, -0.25) is 0 Å². The molecule has 0 bridgehead atoms. The number of aromatic amines is 2. The Bertz CT molecular complexity index is 678. The third kappa shape index (κ3) is 1.62. The minimum atomic E-state index is 0.622. The van der Waals surface area contributed by atoms with E-state index < -0.39 is 0 Å². The number of aromatic nitrogens is 3. The van der Waals surface area contributed by atoms with Crippen molar-refractivity contribution in [2.24, 2.45) is 5.73 Å². The molecule has 0 fully saturated rings. The standard InChI is InChI=1S/C14H16N4/c1-9-13(10-4-2-3-5-11(10)18-9)14-12(6-7-15)16-8-17-14/h2-5,8,18H,6-7,15H2,1H3,(H,16,17). The second kappa shape index (κ2) is 4.31. The molecule has 2 heterocycles. The number of hydrogen-bond donors (Lipinski definition) is 3. The summed E-state index contributed by atoms with van der Waals surface area (Å²) in [5.74, 6) is 0. The number of nitrogens with two attached hydrogens (primary N) is 1. The number of aryl methyl sites for hydroxylation is 1. The largest absolute Gasteiger partial charge is 0.358 e. The van der Waals surface area contributed by atoms with Crippen LogP contribution < -0.4 is 5.73 Å². The van der Waals surface area contributed by atoms with Gasteiger partial charge in [0.25, 0.3) is 0 Å². The molecule has 1 aromatic carbocycles. The molecule has 3 aromatic rings. The van der Waals surface area contributed by atoms with Crippen LogP contribution in [0.4, 0.5) is 0 Å². The Labute approximate surface area is 105 Å². The summed E-state index contributed by atoms with van der Waals surface area (Å²) >= 11 is 0. The number of nitrogens with one attached hydrogen (secondary N) is 2. The van der Waals surface area contributed by atoms with E-state index in [-0.39, 0.29) is 0 Å². The topological polar surface area (TPSA) is 70.5 Å². The fraction of sp³-hybridized carbons (Fsp3) is 0.214. The fourth-order valence-corrected chi connectivity index (χ4v) is 2.45. The van der Waals surface area contributed by atoms with E-state index in [9.17, 15) is 0 Å². The summed E-state index contributed by atoms with van der Waals surface area (Å²) in [5.41, 5.74) is 11.2. The molecule has 0 radical (unpaired) electrons. The average molecular weight is 240 g/mol. The summed E-state index contributed by atoms with van der Waals surface area (Å²) in [7, 11) is 0. The summed E-state index contributed by atoms with van der Waals surface area (Å²) in [6, 6.07) is 8.29. The molecule has 0 amide bonds. The van der Waals surface area contributed by atoms with Crippen LogP contribution in [0.5, 0.6) is 0 Å². The molecule has 0 saturated heterocycles. The minimum Gasteiger partial charge on any atom is -0.358 e. The van der Waals surface area contributed by atoms with E-state index in [2.05, 4.69) is 34.0 Å². The zero-order valence-electron chi connectivity index (χ0n) is 10.3. The van der Waals surface area contributed by atoms with Crippen LogP contribution in [0, 0.1) is 6.92 Å². The average Bonchev–Trinajstić information content (AvgIpc) is 2.92. The number of hydrogen-bond acceptors (Lipinski definition) is 2. The summed E-state index contributed by atoms with van der Waals surface area (Å²) < 4.78 is 0. The molecule has 4 N–H and O–H groups in total. The van der Waals surface area contributed by atoms with Crippen molar-refractivity contribution in [3.8, 4) is 11.3 Å². The quantitative estimate of drug-likeness (QED) is 0.657. The maximum atomic E-state index is 5.64. The van der Waals surface area contributed by atoms with Gasteiger partial charge in [-0.15, -0.1) is 0 Å². The minimum absolute atomic E-state index is 0.622. The highest BCUT2D eigenvalue weighted by Crippen LogP contribution is 2.32. The highest BCUT2D eigenvalue weighted by molar-refractivity contribution is 5.96. The number of para-hydroxylation sites is 1. The first-order chi connectivity index (χ1) is 8.81. The SMILES string of the molecule is Cc1[nH]c2ccccc2c1-c1nc[nH]c1CCN. The molecule has 0 unspecified atom stereocenters. The molecule has 0 aliphatic rings. The van der Waals surface area contributed by atoms with Gasteiger partial charge in [0.1, 0.15) is 0 Å². The molecule has 0 saturated carbocycles. The Kier molecular flexibility index (Phi) is 2.64. The van der Waals surface area contributed by atoms with Gasteiger partial charge < -0.3 is 15.7 Å². The van der Waals surface area contributed by atoms with Gasteiger partial charge in [-0.1, -0.05) is 18.2 Å². The maximum Gasteiger partial charge on any atom is 0.0937 e. The van der Waals surface area contributed by atoms with E-state index in [1.54, 1.807) is 6.33 Å². The fourth-order valence-electron chi connectivity index (χ4n) is 2.45. The monoisotopic (exact) mass is 240 g/mol. The van der Waals surface area contributed by atoms with Gasteiger partial charge in [0.05, 0.1) is 12.0 Å². The molecular weight excluding hydrogens is 224 g/mol. The molecule has 0 spiro atoms. The Morgan fingerprint density at radius 3 is 2.94 bits per heavy atom. The van der Waals surface area contributed by atoms with Gasteiger partial charge in [-0.25, -0.2) is 4.98 Å². The number of benzene rings is 1. The van der Waals surface area contributed by atoms with Gasteiger partial charge in [0.2, 0.25) is 0 Å². The first-order valence-electron chi connectivity index (χ1n) is 6.11. The molecule has 3 rings (SSSR count). The zero-order valence-corrected chi connectivity index (χ0v) is 10.3. The Morgan fingerprint density at radius 2 is 2.11 bits per heavy atom. The van der Waals surface area contributed by atoms with Crippen LogP contribution in [0.1, 0.15) is 11.4 Å². The summed E-state index contributed by atoms with van der Waals surface area (Å²) in [5, 5.41) is 1.21. The summed E-state index contributed by atoms with van der Waals surface area (Å²) in [4.78, 5) is 11.0. The van der Waals surface area contributed by atoms with E-state index >= 15 is 0 Å². The number of imidazole rings is 1. The number of fused-ring (bicyclic) bond motifs is 1. The van der Waals surface area contributed by atoms with E-state index in [0.29, 0.717) is 6.54 Å². The van der Waals surface area contributed by atoms with Gasteiger partial charge in [0, 0.05) is 34.3 Å². The first kappa shape index (κ1) is 11.0. The van der Waals surface area contributed by atoms with Crippen molar-refractivity contribution < 1.29 is 0 Å². The van der Waals surface area contributed by atoms with Crippen LogP contribution in [-0.2, 0) is 6.42 Å². The second-order valence-corrected chi connectivity index (χ2v) is 4.44. The first-order valence-corrected chi connectivity index (χ1v) is 6.11. The van der Waals surface area contributed by atoms with E-state index in [0.717, 1.165) is 29.0 Å². The van der Waals surface area contributed by atoms with Crippen LogP contribution in [-0.4, -0.2) is 21.5 Å². The van der Waals surface area contributed by atoms with E-state index in [1.807, 2.05) is 12.1 Å². The molecule has 0 atom stereocenters. The molecule has 4 heteroatoms. The van der Waals surface area contributed by atoms with Gasteiger partial charge >= 0.3 is 0 Å². The van der Waals surface area contributed by atoms with Gasteiger partial charge in [-0.2, -0.15) is 0 Å². The highest BCUT2D eigenvalue weighted by atomic mass is 14.9. The van der Waals surface area contributed by atoms with Crippen molar-refractivity contribution in [2.45, 2.75) is 13.3 Å².